The first-order chi connectivity index (χ1) is 9.78. The smallest absolute Gasteiger partial charge is 0.123 e. The topological polar surface area (TPSA) is 21.3 Å². The van der Waals surface area contributed by atoms with Gasteiger partial charge in [0.05, 0.1) is 6.61 Å². The highest BCUT2D eigenvalue weighted by molar-refractivity contribution is 5.36. The van der Waals surface area contributed by atoms with E-state index in [0.29, 0.717) is 12.5 Å². The quantitative estimate of drug-likeness (QED) is 0.924. The lowest BCUT2D eigenvalue weighted by Crippen LogP contribution is -2.33. The van der Waals surface area contributed by atoms with Crippen molar-refractivity contribution in [1.82, 2.24) is 5.32 Å². The highest BCUT2D eigenvalue weighted by Crippen LogP contribution is 2.33. The van der Waals surface area contributed by atoms with Crippen molar-refractivity contribution >= 4 is 0 Å². The lowest BCUT2D eigenvalue weighted by atomic mass is 9.86. The van der Waals surface area contributed by atoms with Crippen LogP contribution in [0.25, 0.3) is 0 Å². The molecule has 1 aliphatic rings. The minimum absolute atomic E-state index is 0.170. The number of nitrogens with one attached hydrogen (secondary N) is 1. The molecule has 104 valence electrons. The minimum atomic E-state index is -0.200. The van der Waals surface area contributed by atoms with Gasteiger partial charge < -0.3 is 10.1 Å². The SMILES string of the molecule is CNC(c1ccc(F)cc1)C1COc2ccccc2C1. The Labute approximate surface area is 118 Å². The van der Waals surface area contributed by atoms with E-state index in [4.69, 9.17) is 4.74 Å². The molecule has 3 heteroatoms. The van der Waals surface area contributed by atoms with E-state index in [-0.39, 0.29) is 11.9 Å². The molecule has 2 nitrogen and oxygen atoms in total. The summed E-state index contributed by atoms with van der Waals surface area (Å²) < 4.78 is 18.9. The molecule has 2 atom stereocenters. The van der Waals surface area contributed by atoms with E-state index in [9.17, 15) is 4.39 Å². The van der Waals surface area contributed by atoms with Gasteiger partial charge in [-0.3, -0.25) is 0 Å². The van der Waals surface area contributed by atoms with Gasteiger partial charge in [0, 0.05) is 12.0 Å². The molecule has 0 spiro atoms. The maximum atomic E-state index is 13.0. The molecular formula is C17H18FNO. The van der Waals surface area contributed by atoms with Gasteiger partial charge in [-0.25, -0.2) is 4.39 Å². The van der Waals surface area contributed by atoms with Crippen molar-refractivity contribution in [3.05, 3.63) is 65.5 Å². The van der Waals surface area contributed by atoms with E-state index in [0.717, 1.165) is 17.7 Å². The van der Waals surface area contributed by atoms with E-state index >= 15 is 0 Å². The number of hydrogen-bond acceptors (Lipinski definition) is 2. The average molecular weight is 271 g/mol. The Balaban J connectivity index is 1.83. The molecule has 2 aromatic rings. The largest absolute Gasteiger partial charge is 0.493 e. The highest BCUT2D eigenvalue weighted by Gasteiger charge is 2.27. The molecule has 0 radical (unpaired) electrons. The molecule has 20 heavy (non-hydrogen) atoms. The average Bonchev–Trinajstić information content (AvgIpc) is 2.50. The lowest BCUT2D eigenvalue weighted by Gasteiger charge is -2.31. The number of rotatable bonds is 3. The van der Waals surface area contributed by atoms with Gasteiger partial charge in [-0.2, -0.15) is 0 Å². The predicted octanol–water partition coefficient (Wildman–Crippen LogP) is 3.34. The molecule has 3 rings (SSSR count). The van der Waals surface area contributed by atoms with Crippen molar-refractivity contribution in [2.24, 2.45) is 5.92 Å². The van der Waals surface area contributed by atoms with E-state index < -0.39 is 0 Å². The summed E-state index contributed by atoms with van der Waals surface area (Å²) >= 11 is 0. The van der Waals surface area contributed by atoms with Gasteiger partial charge in [0.15, 0.2) is 0 Å². The van der Waals surface area contributed by atoms with Crippen LogP contribution in [0, 0.1) is 11.7 Å². The number of para-hydroxylation sites is 1. The summed E-state index contributed by atoms with van der Waals surface area (Å²) in [6, 6.07) is 15.0. The Hall–Kier alpha value is -1.87. The predicted molar refractivity (Wildman–Crippen MR) is 77.3 cm³/mol. The molecule has 0 amide bonds. The lowest BCUT2D eigenvalue weighted by molar-refractivity contribution is 0.188. The zero-order chi connectivity index (χ0) is 13.9. The maximum Gasteiger partial charge on any atom is 0.123 e. The Morgan fingerprint density at radius 3 is 2.65 bits per heavy atom. The summed E-state index contributed by atoms with van der Waals surface area (Å²) in [6.07, 6.45) is 0.971. The Bertz CT molecular complexity index is 582. The summed E-state index contributed by atoms with van der Waals surface area (Å²) in [4.78, 5) is 0. The summed E-state index contributed by atoms with van der Waals surface area (Å²) in [5.74, 6) is 1.13. The third-order valence-electron chi connectivity index (χ3n) is 3.92. The molecular weight excluding hydrogens is 253 g/mol. The van der Waals surface area contributed by atoms with E-state index in [1.54, 1.807) is 0 Å². The summed E-state index contributed by atoms with van der Waals surface area (Å²) in [5, 5.41) is 3.34. The van der Waals surface area contributed by atoms with Crippen molar-refractivity contribution in [2.75, 3.05) is 13.7 Å². The van der Waals surface area contributed by atoms with Crippen LogP contribution in [0.4, 0.5) is 4.39 Å². The van der Waals surface area contributed by atoms with Crippen molar-refractivity contribution in [2.45, 2.75) is 12.5 Å². The first kappa shape index (κ1) is 13.1. The van der Waals surface area contributed by atoms with Crippen molar-refractivity contribution < 1.29 is 9.13 Å². The molecule has 1 aliphatic heterocycles. The van der Waals surface area contributed by atoms with Crippen LogP contribution in [0.1, 0.15) is 17.2 Å². The standard InChI is InChI=1S/C17H18FNO/c1-19-17(12-6-8-15(18)9-7-12)14-10-13-4-2-3-5-16(13)20-11-14/h2-9,14,17,19H,10-11H2,1H3. The zero-order valence-corrected chi connectivity index (χ0v) is 11.5. The first-order valence-electron chi connectivity index (χ1n) is 6.91. The molecule has 0 aliphatic carbocycles. The van der Waals surface area contributed by atoms with Crippen LogP contribution in [0.2, 0.25) is 0 Å². The van der Waals surface area contributed by atoms with Gasteiger partial charge in [-0.05, 0) is 42.8 Å². The highest BCUT2D eigenvalue weighted by atomic mass is 19.1. The molecule has 2 unspecified atom stereocenters. The van der Waals surface area contributed by atoms with E-state index in [1.165, 1.54) is 17.7 Å². The fourth-order valence-corrected chi connectivity index (χ4v) is 2.91. The molecule has 1 heterocycles. The molecule has 0 bridgehead atoms. The first-order valence-corrected chi connectivity index (χ1v) is 6.91. The third-order valence-corrected chi connectivity index (χ3v) is 3.92. The Morgan fingerprint density at radius 2 is 1.90 bits per heavy atom. The zero-order valence-electron chi connectivity index (χ0n) is 11.5. The van der Waals surface area contributed by atoms with Gasteiger partial charge in [-0.1, -0.05) is 30.3 Å². The van der Waals surface area contributed by atoms with E-state index in [1.807, 2.05) is 37.4 Å². The van der Waals surface area contributed by atoms with Crippen LogP contribution in [-0.4, -0.2) is 13.7 Å². The second-order valence-corrected chi connectivity index (χ2v) is 5.20. The molecule has 1 N–H and O–H groups in total. The van der Waals surface area contributed by atoms with Crippen LogP contribution in [0.15, 0.2) is 48.5 Å². The fraction of sp³-hybridized carbons (Fsp3) is 0.294. The Morgan fingerprint density at radius 1 is 1.15 bits per heavy atom. The van der Waals surface area contributed by atoms with Gasteiger partial charge in [0.2, 0.25) is 0 Å². The third kappa shape index (κ3) is 2.54. The normalized spacial score (nSPS) is 19.0. The molecule has 0 saturated heterocycles. The van der Waals surface area contributed by atoms with Gasteiger partial charge in [0.1, 0.15) is 11.6 Å². The molecule has 0 aromatic heterocycles. The van der Waals surface area contributed by atoms with Crippen LogP contribution in [0.5, 0.6) is 5.75 Å². The van der Waals surface area contributed by atoms with Gasteiger partial charge >= 0.3 is 0 Å². The van der Waals surface area contributed by atoms with Crippen LogP contribution < -0.4 is 10.1 Å². The van der Waals surface area contributed by atoms with Gasteiger partial charge in [-0.15, -0.1) is 0 Å². The van der Waals surface area contributed by atoms with Crippen LogP contribution >= 0.6 is 0 Å². The molecule has 0 saturated carbocycles. The second kappa shape index (κ2) is 5.63. The van der Waals surface area contributed by atoms with E-state index in [2.05, 4.69) is 11.4 Å². The summed E-state index contributed by atoms with van der Waals surface area (Å²) in [6.45, 7) is 0.680. The van der Waals surface area contributed by atoms with Crippen molar-refractivity contribution in [3.8, 4) is 5.75 Å². The van der Waals surface area contributed by atoms with Crippen molar-refractivity contribution in [1.29, 1.82) is 0 Å². The summed E-state index contributed by atoms with van der Waals surface area (Å²) in [5.41, 5.74) is 2.34. The molecule has 0 fully saturated rings. The number of benzene rings is 2. The van der Waals surface area contributed by atoms with Crippen LogP contribution in [-0.2, 0) is 6.42 Å². The number of halogens is 1. The van der Waals surface area contributed by atoms with Crippen LogP contribution in [0.3, 0.4) is 0 Å². The van der Waals surface area contributed by atoms with Crippen molar-refractivity contribution in [3.63, 3.8) is 0 Å². The Kier molecular flexibility index (Phi) is 3.70. The fourth-order valence-electron chi connectivity index (χ4n) is 2.91. The molecule has 2 aromatic carbocycles. The second-order valence-electron chi connectivity index (χ2n) is 5.20. The number of hydrogen-bond donors (Lipinski definition) is 1. The monoisotopic (exact) mass is 271 g/mol. The minimum Gasteiger partial charge on any atom is -0.493 e. The maximum absolute atomic E-state index is 13.0. The number of fused-ring (bicyclic) bond motifs is 1. The number of ether oxygens (including phenoxy) is 1. The summed E-state index contributed by atoms with van der Waals surface area (Å²) in [7, 11) is 1.94. The van der Waals surface area contributed by atoms with Gasteiger partial charge in [0.25, 0.3) is 0 Å².